The number of hydrogen-bond acceptors (Lipinski definition) is 3. The van der Waals surface area contributed by atoms with Gasteiger partial charge in [0.15, 0.2) is 0 Å². The zero-order valence-electron chi connectivity index (χ0n) is 11.9. The molecule has 0 aromatic carbocycles. The standard InChI is InChI=1S/C15H24N4/c1-11(2)13-4-7-19(8-5-13)10-12-3-6-18-14(9-12)15(16)17/h3,6,9,11,13H,4-5,7-8,10H2,1-2H3,(H3,16,17). The van der Waals surface area contributed by atoms with Crippen LogP contribution in [0.4, 0.5) is 0 Å². The van der Waals surface area contributed by atoms with Gasteiger partial charge in [-0.1, -0.05) is 13.8 Å². The van der Waals surface area contributed by atoms with Gasteiger partial charge in [0.05, 0.1) is 0 Å². The number of piperidine rings is 1. The van der Waals surface area contributed by atoms with Crippen molar-refractivity contribution in [3.63, 3.8) is 0 Å². The molecule has 0 aliphatic carbocycles. The van der Waals surface area contributed by atoms with Crippen molar-refractivity contribution in [2.75, 3.05) is 13.1 Å². The molecule has 4 heteroatoms. The van der Waals surface area contributed by atoms with Crippen LogP contribution in [0.5, 0.6) is 0 Å². The second-order valence-electron chi connectivity index (χ2n) is 5.82. The summed E-state index contributed by atoms with van der Waals surface area (Å²) in [6.07, 6.45) is 4.33. The highest BCUT2D eigenvalue weighted by atomic mass is 15.1. The van der Waals surface area contributed by atoms with Crippen LogP contribution in [0.2, 0.25) is 0 Å². The van der Waals surface area contributed by atoms with E-state index in [9.17, 15) is 0 Å². The number of rotatable bonds is 4. The molecule has 0 unspecified atom stereocenters. The average Bonchev–Trinajstić information content (AvgIpc) is 2.39. The molecule has 1 saturated heterocycles. The molecule has 1 aliphatic heterocycles. The second kappa shape index (κ2) is 6.15. The van der Waals surface area contributed by atoms with Crippen LogP contribution in [-0.2, 0) is 6.54 Å². The van der Waals surface area contributed by atoms with E-state index in [4.69, 9.17) is 11.1 Å². The third-order valence-corrected chi connectivity index (χ3v) is 4.08. The highest BCUT2D eigenvalue weighted by Crippen LogP contribution is 2.25. The number of pyridine rings is 1. The van der Waals surface area contributed by atoms with E-state index in [2.05, 4.69) is 23.7 Å². The van der Waals surface area contributed by atoms with Crippen molar-refractivity contribution in [3.05, 3.63) is 29.6 Å². The molecule has 0 bridgehead atoms. The van der Waals surface area contributed by atoms with Crippen LogP contribution < -0.4 is 5.73 Å². The zero-order valence-corrected chi connectivity index (χ0v) is 11.9. The van der Waals surface area contributed by atoms with E-state index in [1.54, 1.807) is 6.20 Å². The molecule has 3 N–H and O–H groups in total. The second-order valence-corrected chi connectivity index (χ2v) is 5.82. The van der Waals surface area contributed by atoms with Crippen LogP contribution in [0.15, 0.2) is 18.3 Å². The molecule has 0 atom stereocenters. The first-order chi connectivity index (χ1) is 9.06. The van der Waals surface area contributed by atoms with E-state index < -0.39 is 0 Å². The van der Waals surface area contributed by atoms with E-state index >= 15 is 0 Å². The van der Waals surface area contributed by atoms with E-state index in [0.29, 0.717) is 5.69 Å². The first-order valence-corrected chi connectivity index (χ1v) is 7.08. The Labute approximate surface area is 115 Å². The Bertz CT molecular complexity index is 434. The summed E-state index contributed by atoms with van der Waals surface area (Å²) in [5.74, 6) is 1.72. The van der Waals surface area contributed by atoms with Crippen LogP contribution >= 0.6 is 0 Å². The first kappa shape index (κ1) is 14.0. The molecule has 0 amide bonds. The Morgan fingerprint density at radius 2 is 2.16 bits per heavy atom. The molecule has 104 valence electrons. The number of amidine groups is 1. The Balaban J connectivity index is 1.92. The molecular formula is C15H24N4. The smallest absolute Gasteiger partial charge is 0.141 e. The van der Waals surface area contributed by atoms with Gasteiger partial charge in [0.25, 0.3) is 0 Å². The van der Waals surface area contributed by atoms with Gasteiger partial charge >= 0.3 is 0 Å². The zero-order chi connectivity index (χ0) is 13.8. The summed E-state index contributed by atoms with van der Waals surface area (Å²) in [6.45, 7) is 7.92. The molecule has 0 radical (unpaired) electrons. The van der Waals surface area contributed by atoms with Gasteiger partial charge < -0.3 is 5.73 Å². The van der Waals surface area contributed by atoms with Crippen LogP contribution in [0.25, 0.3) is 0 Å². The third kappa shape index (κ3) is 3.77. The summed E-state index contributed by atoms with van der Waals surface area (Å²) in [4.78, 5) is 6.58. The van der Waals surface area contributed by atoms with E-state index in [-0.39, 0.29) is 5.84 Å². The fraction of sp³-hybridized carbons (Fsp3) is 0.600. The number of nitrogens with two attached hydrogens (primary N) is 1. The summed E-state index contributed by atoms with van der Waals surface area (Å²) in [7, 11) is 0. The minimum Gasteiger partial charge on any atom is -0.382 e. The van der Waals surface area contributed by atoms with Gasteiger partial charge in [-0.15, -0.1) is 0 Å². The molecule has 1 aromatic rings. The number of aromatic nitrogens is 1. The van der Waals surface area contributed by atoms with Gasteiger partial charge in [0.2, 0.25) is 0 Å². The van der Waals surface area contributed by atoms with Gasteiger partial charge in [-0.25, -0.2) is 0 Å². The summed E-state index contributed by atoms with van der Waals surface area (Å²) in [5.41, 5.74) is 7.25. The Morgan fingerprint density at radius 1 is 1.47 bits per heavy atom. The highest BCUT2D eigenvalue weighted by molar-refractivity contribution is 5.93. The first-order valence-electron chi connectivity index (χ1n) is 7.08. The van der Waals surface area contributed by atoms with Gasteiger partial charge in [0, 0.05) is 12.7 Å². The van der Waals surface area contributed by atoms with Crippen molar-refractivity contribution in [2.24, 2.45) is 17.6 Å². The predicted molar refractivity (Wildman–Crippen MR) is 78.1 cm³/mol. The molecule has 0 spiro atoms. The molecule has 1 aliphatic rings. The van der Waals surface area contributed by atoms with Crippen molar-refractivity contribution < 1.29 is 0 Å². The maximum Gasteiger partial charge on any atom is 0.141 e. The third-order valence-electron chi connectivity index (χ3n) is 4.08. The number of hydrogen-bond donors (Lipinski definition) is 2. The predicted octanol–water partition coefficient (Wildman–Crippen LogP) is 2.23. The quantitative estimate of drug-likeness (QED) is 0.644. The van der Waals surface area contributed by atoms with Crippen LogP contribution in [0.1, 0.15) is 37.9 Å². The van der Waals surface area contributed by atoms with E-state index in [0.717, 1.165) is 18.4 Å². The molecule has 2 rings (SSSR count). The van der Waals surface area contributed by atoms with Crippen LogP contribution in [0.3, 0.4) is 0 Å². The Hall–Kier alpha value is -1.42. The molecule has 19 heavy (non-hydrogen) atoms. The lowest BCUT2D eigenvalue weighted by Gasteiger charge is -2.33. The van der Waals surface area contributed by atoms with Gasteiger partial charge in [-0.2, -0.15) is 0 Å². The highest BCUT2D eigenvalue weighted by Gasteiger charge is 2.21. The van der Waals surface area contributed by atoms with Crippen molar-refractivity contribution in [1.29, 1.82) is 5.41 Å². The maximum atomic E-state index is 7.43. The molecular weight excluding hydrogens is 236 g/mol. The largest absolute Gasteiger partial charge is 0.382 e. The summed E-state index contributed by atoms with van der Waals surface area (Å²) in [5, 5.41) is 7.43. The van der Waals surface area contributed by atoms with Crippen molar-refractivity contribution in [1.82, 2.24) is 9.88 Å². The summed E-state index contributed by atoms with van der Waals surface area (Å²) < 4.78 is 0. The lowest BCUT2D eigenvalue weighted by molar-refractivity contribution is 0.152. The van der Waals surface area contributed by atoms with Crippen LogP contribution in [0, 0.1) is 17.2 Å². The molecule has 0 saturated carbocycles. The number of nitrogens with one attached hydrogen (secondary N) is 1. The lowest BCUT2D eigenvalue weighted by Crippen LogP contribution is -2.34. The van der Waals surface area contributed by atoms with Gasteiger partial charge in [-0.3, -0.25) is 15.3 Å². The van der Waals surface area contributed by atoms with Crippen LogP contribution in [-0.4, -0.2) is 28.8 Å². The lowest BCUT2D eigenvalue weighted by atomic mass is 9.86. The number of nitrogens with zero attached hydrogens (tertiary/aromatic N) is 2. The minimum absolute atomic E-state index is 0.0420. The van der Waals surface area contributed by atoms with Gasteiger partial charge in [-0.05, 0) is 55.5 Å². The fourth-order valence-corrected chi connectivity index (χ4v) is 2.76. The summed E-state index contributed by atoms with van der Waals surface area (Å²) >= 11 is 0. The Kier molecular flexibility index (Phi) is 4.53. The number of likely N-dealkylation sites (tertiary alicyclic amines) is 1. The van der Waals surface area contributed by atoms with E-state index in [1.807, 2.05) is 12.1 Å². The fourth-order valence-electron chi connectivity index (χ4n) is 2.76. The van der Waals surface area contributed by atoms with E-state index in [1.165, 1.54) is 31.5 Å². The molecule has 2 heterocycles. The number of nitrogen functional groups attached to an aromatic ring is 1. The minimum atomic E-state index is 0.0420. The van der Waals surface area contributed by atoms with Gasteiger partial charge in [0.1, 0.15) is 11.5 Å². The van der Waals surface area contributed by atoms with Crippen molar-refractivity contribution in [3.8, 4) is 0 Å². The topological polar surface area (TPSA) is 66.0 Å². The molecule has 1 aromatic heterocycles. The Morgan fingerprint density at radius 3 is 2.74 bits per heavy atom. The average molecular weight is 260 g/mol. The normalized spacial score (nSPS) is 17.8. The van der Waals surface area contributed by atoms with Crippen molar-refractivity contribution >= 4 is 5.84 Å². The summed E-state index contributed by atoms with van der Waals surface area (Å²) in [6, 6.07) is 3.94. The maximum absolute atomic E-state index is 7.43. The molecule has 4 nitrogen and oxygen atoms in total. The van der Waals surface area contributed by atoms with Crippen molar-refractivity contribution in [2.45, 2.75) is 33.2 Å². The monoisotopic (exact) mass is 260 g/mol. The molecule has 1 fully saturated rings. The SMILES string of the molecule is CC(C)C1CCN(Cc2ccnc(C(=N)N)c2)CC1.